The molecule has 0 aliphatic heterocycles. The molecule has 0 spiro atoms. The van der Waals surface area contributed by atoms with Crippen LogP contribution in [0, 0.1) is 5.92 Å². The molecule has 4 nitrogen and oxygen atoms in total. The Morgan fingerprint density at radius 3 is 2.84 bits per heavy atom. The van der Waals surface area contributed by atoms with Gasteiger partial charge in [-0.05, 0) is 37.0 Å². The van der Waals surface area contributed by atoms with Crippen LogP contribution in [0.4, 0.5) is 5.69 Å². The largest absolute Gasteiger partial charge is 0.494 e. The van der Waals surface area contributed by atoms with E-state index in [-0.39, 0.29) is 5.91 Å². The van der Waals surface area contributed by atoms with Crippen molar-refractivity contribution in [2.75, 3.05) is 30.9 Å². The lowest BCUT2D eigenvalue weighted by molar-refractivity contribution is 0.0949. The molecule has 1 aromatic rings. The van der Waals surface area contributed by atoms with Crippen LogP contribution in [-0.4, -0.2) is 31.1 Å². The molecule has 0 fully saturated rings. The normalized spacial score (nSPS) is 11.9. The minimum Gasteiger partial charge on any atom is -0.494 e. The summed E-state index contributed by atoms with van der Waals surface area (Å²) < 4.78 is 5.38. The zero-order chi connectivity index (χ0) is 14.3. The molecule has 0 bridgehead atoms. The van der Waals surface area contributed by atoms with Gasteiger partial charge in [-0.3, -0.25) is 4.79 Å². The van der Waals surface area contributed by atoms with Crippen molar-refractivity contribution in [3.63, 3.8) is 0 Å². The lowest BCUT2D eigenvalue weighted by atomic mass is 10.1. The molecule has 0 aromatic heterocycles. The number of anilines is 1. The third-order valence-electron chi connectivity index (χ3n) is 2.56. The molecule has 1 atom stereocenters. The van der Waals surface area contributed by atoms with E-state index in [4.69, 9.17) is 10.5 Å². The van der Waals surface area contributed by atoms with Crippen molar-refractivity contribution < 1.29 is 9.53 Å². The van der Waals surface area contributed by atoms with E-state index in [0.29, 0.717) is 36.1 Å². The molecule has 19 heavy (non-hydrogen) atoms. The summed E-state index contributed by atoms with van der Waals surface area (Å²) in [5.74, 6) is 2.00. The number of ether oxygens (including phenoxy) is 1. The van der Waals surface area contributed by atoms with Gasteiger partial charge in [-0.1, -0.05) is 6.92 Å². The van der Waals surface area contributed by atoms with Crippen LogP contribution >= 0.6 is 11.8 Å². The summed E-state index contributed by atoms with van der Waals surface area (Å²) in [6.45, 7) is 5.22. The Morgan fingerprint density at radius 1 is 1.47 bits per heavy atom. The van der Waals surface area contributed by atoms with Gasteiger partial charge in [-0.15, -0.1) is 0 Å². The first-order chi connectivity index (χ1) is 9.06. The van der Waals surface area contributed by atoms with E-state index >= 15 is 0 Å². The summed E-state index contributed by atoms with van der Waals surface area (Å²) >= 11 is 1.78. The third-order valence-corrected chi connectivity index (χ3v) is 3.47. The molecule has 0 heterocycles. The van der Waals surface area contributed by atoms with Gasteiger partial charge in [0.25, 0.3) is 5.91 Å². The van der Waals surface area contributed by atoms with Gasteiger partial charge in [0.2, 0.25) is 0 Å². The number of nitrogens with one attached hydrogen (secondary N) is 1. The molecular formula is C14H22N2O2S. The predicted octanol–water partition coefficient (Wildman–Crippen LogP) is 2.40. The standard InChI is InChI=1S/C14H22N2O2S/c1-4-18-13-6-11(5-12(15)7-13)14(17)16-8-10(2)9-19-3/h5-7,10H,4,8-9,15H2,1-3H3,(H,16,17). The van der Waals surface area contributed by atoms with Gasteiger partial charge < -0.3 is 15.8 Å². The van der Waals surface area contributed by atoms with Crippen molar-refractivity contribution >= 4 is 23.4 Å². The Balaban J connectivity index is 2.65. The predicted molar refractivity (Wildman–Crippen MR) is 81.9 cm³/mol. The SMILES string of the molecule is CCOc1cc(N)cc(C(=O)NCC(C)CSC)c1. The molecule has 3 N–H and O–H groups in total. The highest BCUT2D eigenvalue weighted by Crippen LogP contribution is 2.19. The van der Waals surface area contributed by atoms with Gasteiger partial charge in [-0.25, -0.2) is 0 Å². The zero-order valence-corrected chi connectivity index (χ0v) is 12.5. The van der Waals surface area contributed by atoms with Crippen LogP contribution in [0.2, 0.25) is 0 Å². The van der Waals surface area contributed by atoms with Gasteiger partial charge in [0.15, 0.2) is 0 Å². The lowest BCUT2D eigenvalue weighted by Crippen LogP contribution is -2.29. The molecule has 1 rings (SSSR count). The molecule has 1 unspecified atom stereocenters. The first-order valence-electron chi connectivity index (χ1n) is 6.37. The van der Waals surface area contributed by atoms with Crippen LogP contribution in [0.3, 0.4) is 0 Å². The highest BCUT2D eigenvalue weighted by atomic mass is 32.2. The number of amides is 1. The van der Waals surface area contributed by atoms with Gasteiger partial charge in [-0.2, -0.15) is 11.8 Å². The molecular weight excluding hydrogens is 260 g/mol. The fraction of sp³-hybridized carbons (Fsp3) is 0.500. The number of hydrogen-bond acceptors (Lipinski definition) is 4. The maximum atomic E-state index is 12.0. The van der Waals surface area contributed by atoms with Crippen molar-refractivity contribution in [2.24, 2.45) is 5.92 Å². The number of nitrogen functional groups attached to an aromatic ring is 1. The molecule has 0 radical (unpaired) electrons. The summed E-state index contributed by atoms with van der Waals surface area (Å²) in [5.41, 5.74) is 6.84. The van der Waals surface area contributed by atoms with Gasteiger partial charge in [0.05, 0.1) is 6.61 Å². The van der Waals surface area contributed by atoms with E-state index in [1.165, 1.54) is 0 Å². The minimum absolute atomic E-state index is 0.110. The average molecular weight is 282 g/mol. The summed E-state index contributed by atoms with van der Waals surface area (Å²) in [4.78, 5) is 12.0. The Labute approximate surface area is 119 Å². The number of hydrogen-bond donors (Lipinski definition) is 2. The molecule has 0 aliphatic carbocycles. The van der Waals surface area contributed by atoms with E-state index in [1.54, 1.807) is 30.0 Å². The summed E-state index contributed by atoms with van der Waals surface area (Å²) in [7, 11) is 0. The second-order valence-corrected chi connectivity index (χ2v) is 5.40. The van der Waals surface area contributed by atoms with Crippen LogP contribution in [0.25, 0.3) is 0 Å². The monoisotopic (exact) mass is 282 g/mol. The quantitative estimate of drug-likeness (QED) is 0.754. The first kappa shape index (κ1) is 15.7. The second kappa shape index (κ2) is 7.94. The highest BCUT2D eigenvalue weighted by Gasteiger charge is 2.10. The molecule has 1 aromatic carbocycles. The van der Waals surface area contributed by atoms with Gasteiger partial charge in [0.1, 0.15) is 5.75 Å². The molecule has 106 valence electrons. The average Bonchev–Trinajstić information content (AvgIpc) is 2.36. The number of rotatable bonds is 7. The van der Waals surface area contributed by atoms with Crippen LogP contribution in [-0.2, 0) is 0 Å². The molecule has 1 amide bonds. The number of nitrogens with two attached hydrogens (primary N) is 1. The lowest BCUT2D eigenvalue weighted by Gasteiger charge is -2.12. The van der Waals surface area contributed by atoms with E-state index < -0.39 is 0 Å². The Hall–Kier alpha value is -1.36. The molecule has 0 saturated carbocycles. The van der Waals surface area contributed by atoms with Crippen molar-refractivity contribution in [1.82, 2.24) is 5.32 Å². The smallest absolute Gasteiger partial charge is 0.251 e. The number of thioether (sulfide) groups is 1. The Bertz CT molecular complexity index is 424. The number of benzene rings is 1. The minimum atomic E-state index is -0.110. The van der Waals surface area contributed by atoms with Crippen LogP contribution in [0.1, 0.15) is 24.2 Å². The Morgan fingerprint density at radius 2 is 2.21 bits per heavy atom. The van der Waals surface area contributed by atoms with Crippen molar-refractivity contribution in [2.45, 2.75) is 13.8 Å². The first-order valence-corrected chi connectivity index (χ1v) is 7.76. The van der Waals surface area contributed by atoms with Gasteiger partial charge >= 0.3 is 0 Å². The van der Waals surface area contributed by atoms with Crippen LogP contribution < -0.4 is 15.8 Å². The van der Waals surface area contributed by atoms with E-state index in [0.717, 1.165) is 5.75 Å². The molecule has 5 heteroatoms. The summed E-state index contributed by atoms with van der Waals surface area (Å²) in [6, 6.07) is 5.10. The maximum absolute atomic E-state index is 12.0. The zero-order valence-electron chi connectivity index (χ0n) is 11.7. The second-order valence-electron chi connectivity index (χ2n) is 4.49. The number of carbonyl (C=O) groups excluding carboxylic acids is 1. The fourth-order valence-electron chi connectivity index (χ4n) is 1.72. The maximum Gasteiger partial charge on any atom is 0.251 e. The number of carbonyl (C=O) groups is 1. The molecule has 0 aliphatic rings. The summed E-state index contributed by atoms with van der Waals surface area (Å²) in [5, 5.41) is 2.92. The summed E-state index contributed by atoms with van der Waals surface area (Å²) in [6.07, 6.45) is 2.06. The van der Waals surface area contributed by atoms with Gasteiger partial charge in [0, 0.05) is 23.9 Å². The molecule has 0 saturated heterocycles. The van der Waals surface area contributed by atoms with Crippen molar-refractivity contribution in [3.8, 4) is 5.75 Å². The van der Waals surface area contributed by atoms with Crippen molar-refractivity contribution in [1.29, 1.82) is 0 Å². The highest BCUT2D eigenvalue weighted by molar-refractivity contribution is 7.98. The van der Waals surface area contributed by atoms with E-state index in [9.17, 15) is 4.79 Å². The van der Waals surface area contributed by atoms with Crippen molar-refractivity contribution in [3.05, 3.63) is 23.8 Å². The van der Waals surface area contributed by atoms with Crippen LogP contribution in [0.5, 0.6) is 5.75 Å². The third kappa shape index (κ3) is 5.42. The Kier molecular flexibility index (Phi) is 6.56. The van der Waals surface area contributed by atoms with E-state index in [1.807, 2.05) is 6.92 Å². The van der Waals surface area contributed by atoms with E-state index in [2.05, 4.69) is 18.5 Å². The topological polar surface area (TPSA) is 64.3 Å². The fourth-order valence-corrected chi connectivity index (χ4v) is 2.40. The van der Waals surface area contributed by atoms with Crippen LogP contribution in [0.15, 0.2) is 18.2 Å².